The van der Waals surface area contributed by atoms with E-state index in [0.29, 0.717) is 5.69 Å². The molecule has 0 atom stereocenters. The molecule has 146 valence electrons. The van der Waals surface area contributed by atoms with Crippen molar-refractivity contribution in [2.24, 2.45) is 0 Å². The molecule has 0 aliphatic carbocycles. The normalized spacial score (nSPS) is 11.2. The first kappa shape index (κ1) is 19.5. The van der Waals surface area contributed by atoms with E-state index in [1.54, 1.807) is 6.92 Å². The maximum Gasteiger partial charge on any atom is 0.343 e. The van der Waals surface area contributed by atoms with Crippen LogP contribution in [0.5, 0.6) is 0 Å². The lowest BCUT2D eigenvalue weighted by molar-refractivity contribution is 0.0527. The summed E-state index contributed by atoms with van der Waals surface area (Å²) < 4.78 is 60.1. The van der Waals surface area contributed by atoms with Crippen molar-refractivity contribution in [1.29, 1.82) is 0 Å². The third kappa shape index (κ3) is 4.01. The predicted molar refractivity (Wildman–Crippen MR) is 96.7 cm³/mol. The van der Waals surface area contributed by atoms with Crippen molar-refractivity contribution in [2.45, 2.75) is 11.8 Å². The molecule has 0 bridgehead atoms. The number of sulfonamides is 1. The molecule has 0 saturated heterocycles. The number of esters is 1. The van der Waals surface area contributed by atoms with Gasteiger partial charge in [-0.1, -0.05) is 0 Å². The largest absolute Gasteiger partial charge is 0.462 e. The minimum Gasteiger partial charge on any atom is -0.462 e. The quantitative estimate of drug-likeness (QED) is 0.634. The van der Waals surface area contributed by atoms with Gasteiger partial charge in [0, 0.05) is 0 Å². The molecule has 1 N–H and O–H groups in total. The van der Waals surface area contributed by atoms with Crippen molar-refractivity contribution in [3.63, 3.8) is 0 Å². The van der Waals surface area contributed by atoms with Crippen molar-refractivity contribution in [3.8, 4) is 5.69 Å². The minimum atomic E-state index is -4.17. The van der Waals surface area contributed by atoms with Gasteiger partial charge in [-0.3, -0.25) is 4.72 Å². The fourth-order valence-electron chi connectivity index (χ4n) is 2.38. The highest BCUT2D eigenvalue weighted by atomic mass is 32.2. The van der Waals surface area contributed by atoms with E-state index in [9.17, 15) is 22.0 Å². The van der Waals surface area contributed by atoms with E-state index < -0.39 is 27.6 Å². The Balaban J connectivity index is 2.08. The molecule has 1 heterocycles. The summed E-state index contributed by atoms with van der Waals surface area (Å²) in [5.74, 6) is -2.06. The van der Waals surface area contributed by atoms with Gasteiger partial charge in [0.25, 0.3) is 10.0 Å². The second kappa shape index (κ2) is 7.77. The van der Waals surface area contributed by atoms with Gasteiger partial charge in [0.05, 0.1) is 23.4 Å². The summed E-state index contributed by atoms with van der Waals surface area (Å²) in [7, 11) is -4.17. The molecular weight excluding hydrogens is 392 g/mol. The van der Waals surface area contributed by atoms with Crippen LogP contribution in [-0.4, -0.2) is 30.8 Å². The van der Waals surface area contributed by atoms with Gasteiger partial charge in [0.15, 0.2) is 5.82 Å². The van der Waals surface area contributed by atoms with Crippen LogP contribution in [0, 0.1) is 11.6 Å². The average molecular weight is 407 g/mol. The van der Waals surface area contributed by atoms with E-state index in [1.807, 2.05) is 0 Å². The molecule has 3 aromatic rings. The number of nitrogens with zero attached hydrogens (tertiary/aromatic N) is 2. The molecule has 0 amide bonds. The van der Waals surface area contributed by atoms with Gasteiger partial charge in [-0.25, -0.2) is 26.7 Å². The number of halogens is 2. The molecule has 10 heteroatoms. The Kier molecular flexibility index (Phi) is 5.41. The standard InChI is InChI=1S/C18H15F2N3O4S/c1-2-27-18(24)16-11-21-23(14-7-3-12(19)4-8-14)17(16)22-28(25,26)15-9-5-13(20)6-10-15/h3-11,22H,2H2,1H3. The summed E-state index contributed by atoms with van der Waals surface area (Å²) >= 11 is 0. The third-order valence-electron chi connectivity index (χ3n) is 3.69. The summed E-state index contributed by atoms with van der Waals surface area (Å²) in [5.41, 5.74) is 0.186. The van der Waals surface area contributed by atoms with Gasteiger partial charge in [-0.2, -0.15) is 5.10 Å². The Morgan fingerprint density at radius 3 is 2.21 bits per heavy atom. The lowest BCUT2D eigenvalue weighted by Crippen LogP contribution is -2.18. The third-order valence-corrected chi connectivity index (χ3v) is 5.05. The maximum atomic E-state index is 13.2. The first-order chi connectivity index (χ1) is 13.3. The van der Waals surface area contributed by atoms with E-state index >= 15 is 0 Å². The second-order valence-corrected chi connectivity index (χ2v) is 7.26. The molecule has 28 heavy (non-hydrogen) atoms. The van der Waals surface area contributed by atoms with Crippen LogP contribution in [0.15, 0.2) is 59.6 Å². The zero-order valence-corrected chi connectivity index (χ0v) is 15.4. The summed E-state index contributed by atoms with van der Waals surface area (Å²) in [6.45, 7) is 1.68. The van der Waals surface area contributed by atoms with Crippen LogP contribution in [-0.2, 0) is 14.8 Å². The van der Waals surface area contributed by atoms with Crippen LogP contribution in [0.25, 0.3) is 5.69 Å². The molecule has 0 aliphatic rings. The van der Waals surface area contributed by atoms with Crippen LogP contribution in [0.3, 0.4) is 0 Å². The SMILES string of the molecule is CCOC(=O)c1cnn(-c2ccc(F)cc2)c1NS(=O)(=O)c1ccc(F)cc1. The molecule has 2 aromatic carbocycles. The number of ether oxygens (including phenoxy) is 1. The Hall–Kier alpha value is -3.27. The Bertz CT molecular complexity index is 1090. The van der Waals surface area contributed by atoms with Crippen molar-refractivity contribution in [2.75, 3.05) is 11.3 Å². The fourth-order valence-corrected chi connectivity index (χ4v) is 3.45. The molecule has 0 unspecified atom stereocenters. The van der Waals surface area contributed by atoms with Crippen LogP contribution >= 0.6 is 0 Å². The van der Waals surface area contributed by atoms with E-state index in [-0.39, 0.29) is 22.9 Å². The number of benzene rings is 2. The number of rotatable bonds is 6. The first-order valence-electron chi connectivity index (χ1n) is 8.11. The average Bonchev–Trinajstić information content (AvgIpc) is 3.06. The van der Waals surface area contributed by atoms with Gasteiger partial charge in [-0.05, 0) is 55.5 Å². The van der Waals surface area contributed by atoms with E-state index in [1.165, 1.54) is 24.3 Å². The molecule has 0 radical (unpaired) electrons. The molecule has 3 rings (SSSR count). The highest BCUT2D eigenvalue weighted by Crippen LogP contribution is 2.25. The van der Waals surface area contributed by atoms with Crippen molar-refractivity contribution < 1.29 is 26.7 Å². The molecule has 7 nitrogen and oxygen atoms in total. The first-order valence-corrected chi connectivity index (χ1v) is 9.59. The number of carbonyl (C=O) groups is 1. The van der Waals surface area contributed by atoms with Gasteiger partial charge >= 0.3 is 5.97 Å². The molecule has 0 saturated carbocycles. The van der Waals surface area contributed by atoms with Crippen molar-refractivity contribution in [1.82, 2.24) is 9.78 Å². The molecule has 0 fully saturated rings. The zero-order chi connectivity index (χ0) is 20.3. The van der Waals surface area contributed by atoms with Gasteiger partial charge in [0.2, 0.25) is 0 Å². The van der Waals surface area contributed by atoms with Gasteiger partial charge < -0.3 is 4.74 Å². The monoisotopic (exact) mass is 407 g/mol. The molecule has 0 spiro atoms. The summed E-state index contributed by atoms with van der Waals surface area (Å²) in [6, 6.07) is 9.23. The Labute approximate surface area is 159 Å². The van der Waals surface area contributed by atoms with Crippen LogP contribution in [0.4, 0.5) is 14.6 Å². The molecular formula is C18H15F2N3O4S. The highest BCUT2D eigenvalue weighted by molar-refractivity contribution is 7.92. The van der Waals surface area contributed by atoms with Crippen molar-refractivity contribution >= 4 is 21.8 Å². The lowest BCUT2D eigenvalue weighted by Gasteiger charge is -2.12. The zero-order valence-electron chi connectivity index (χ0n) is 14.6. The lowest BCUT2D eigenvalue weighted by atomic mass is 10.3. The summed E-state index contributed by atoms with van der Waals surface area (Å²) in [6.07, 6.45) is 1.14. The Morgan fingerprint density at radius 1 is 1.07 bits per heavy atom. The topological polar surface area (TPSA) is 90.3 Å². The second-order valence-electron chi connectivity index (χ2n) is 5.57. The molecule has 0 aliphatic heterocycles. The fraction of sp³-hybridized carbons (Fsp3) is 0.111. The number of aromatic nitrogens is 2. The van der Waals surface area contributed by atoms with Crippen LogP contribution < -0.4 is 4.72 Å². The summed E-state index contributed by atoms with van der Waals surface area (Å²) in [4.78, 5) is 12.0. The highest BCUT2D eigenvalue weighted by Gasteiger charge is 2.25. The number of hydrogen-bond acceptors (Lipinski definition) is 5. The van der Waals surface area contributed by atoms with Crippen molar-refractivity contribution in [3.05, 3.63) is 71.9 Å². The van der Waals surface area contributed by atoms with Gasteiger partial charge in [0.1, 0.15) is 17.2 Å². The minimum absolute atomic E-state index is 0.0741. The number of nitrogens with one attached hydrogen (secondary N) is 1. The molecule has 1 aromatic heterocycles. The Morgan fingerprint density at radius 2 is 1.64 bits per heavy atom. The number of anilines is 1. The maximum absolute atomic E-state index is 13.2. The predicted octanol–water partition coefficient (Wildman–Crippen LogP) is 3.13. The van der Waals surface area contributed by atoms with E-state index in [4.69, 9.17) is 4.74 Å². The van der Waals surface area contributed by atoms with Gasteiger partial charge in [-0.15, -0.1) is 0 Å². The number of hydrogen-bond donors (Lipinski definition) is 1. The number of carbonyl (C=O) groups excluding carboxylic acids is 1. The van der Waals surface area contributed by atoms with E-state index in [2.05, 4.69) is 9.82 Å². The van der Waals surface area contributed by atoms with Crippen LogP contribution in [0.2, 0.25) is 0 Å². The smallest absolute Gasteiger partial charge is 0.343 e. The summed E-state index contributed by atoms with van der Waals surface area (Å²) in [5, 5.41) is 4.02. The van der Waals surface area contributed by atoms with Crippen LogP contribution in [0.1, 0.15) is 17.3 Å². The van der Waals surface area contributed by atoms with E-state index in [0.717, 1.165) is 35.1 Å².